The number of hydrogen-bond donors (Lipinski definition) is 2. The molecule has 0 aromatic carbocycles. The molecule has 2 atom stereocenters. The lowest BCUT2D eigenvalue weighted by Gasteiger charge is -2.32. The maximum absolute atomic E-state index is 11.1. The summed E-state index contributed by atoms with van der Waals surface area (Å²) in [6.07, 6.45) is 2.64. The molecular formula is C10H17NO3. The lowest BCUT2D eigenvalue weighted by atomic mass is 9.86. The first-order chi connectivity index (χ1) is 6.56. The number of aliphatic carboxylic acids is 1. The van der Waals surface area contributed by atoms with Crippen LogP contribution in [-0.2, 0) is 4.79 Å². The summed E-state index contributed by atoms with van der Waals surface area (Å²) < 4.78 is 0. The molecule has 1 spiro atoms. The van der Waals surface area contributed by atoms with Crippen LogP contribution < -0.4 is 0 Å². The molecule has 1 heterocycles. The first-order valence-electron chi connectivity index (χ1n) is 5.09. The van der Waals surface area contributed by atoms with Gasteiger partial charge in [0.25, 0.3) is 0 Å². The molecule has 1 saturated heterocycles. The molecule has 2 N–H and O–H groups in total. The van der Waals surface area contributed by atoms with E-state index in [1.807, 2.05) is 7.05 Å². The van der Waals surface area contributed by atoms with E-state index in [4.69, 9.17) is 5.11 Å². The van der Waals surface area contributed by atoms with Gasteiger partial charge in [-0.25, -0.2) is 0 Å². The van der Waals surface area contributed by atoms with Crippen LogP contribution in [-0.4, -0.2) is 47.8 Å². The van der Waals surface area contributed by atoms with Crippen LogP contribution >= 0.6 is 0 Å². The van der Waals surface area contributed by atoms with E-state index in [-0.39, 0.29) is 12.0 Å². The van der Waals surface area contributed by atoms with Crippen LogP contribution in [0.5, 0.6) is 0 Å². The number of carbonyl (C=O) groups is 1. The number of aliphatic hydroxyl groups excluding tert-OH is 1. The van der Waals surface area contributed by atoms with Crippen molar-refractivity contribution in [2.75, 3.05) is 26.7 Å². The minimum absolute atomic E-state index is 0.138. The molecule has 2 rings (SSSR count). The van der Waals surface area contributed by atoms with Crippen LogP contribution in [0.3, 0.4) is 0 Å². The largest absolute Gasteiger partial charge is 0.481 e. The minimum Gasteiger partial charge on any atom is -0.481 e. The van der Waals surface area contributed by atoms with Crippen LogP contribution in [0, 0.1) is 10.8 Å². The number of aliphatic hydroxyl groups is 1. The van der Waals surface area contributed by atoms with Gasteiger partial charge in [0.05, 0.1) is 12.0 Å². The Balaban J connectivity index is 2.16. The molecule has 2 fully saturated rings. The Labute approximate surface area is 83.5 Å². The van der Waals surface area contributed by atoms with Crippen molar-refractivity contribution in [3.05, 3.63) is 0 Å². The number of piperidine rings is 1. The smallest absolute Gasteiger partial charge is 0.312 e. The van der Waals surface area contributed by atoms with Crippen LogP contribution in [0.15, 0.2) is 0 Å². The molecule has 0 aromatic rings. The standard InChI is InChI=1S/C10H17NO3/c1-11-4-2-3-9(6-11)5-10(9,7-12)8(13)14/h12H,2-7H2,1H3,(H,13,14). The Hall–Kier alpha value is -0.610. The number of carboxylic acid groups (broad SMARTS) is 1. The molecule has 80 valence electrons. The molecule has 2 aliphatic rings. The second-order valence-electron chi connectivity index (χ2n) is 4.84. The minimum atomic E-state index is -0.832. The van der Waals surface area contributed by atoms with Crippen molar-refractivity contribution in [3.8, 4) is 0 Å². The maximum Gasteiger partial charge on any atom is 0.312 e. The molecule has 0 aromatic heterocycles. The maximum atomic E-state index is 11.1. The zero-order chi connectivity index (χ0) is 10.4. The number of hydrogen-bond acceptors (Lipinski definition) is 3. The van der Waals surface area contributed by atoms with Gasteiger partial charge >= 0.3 is 5.97 Å². The summed E-state index contributed by atoms with van der Waals surface area (Å²) in [5.74, 6) is -0.824. The predicted molar refractivity (Wildman–Crippen MR) is 50.9 cm³/mol. The summed E-state index contributed by atoms with van der Waals surface area (Å²) in [4.78, 5) is 13.3. The van der Waals surface area contributed by atoms with E-state index < -0.39 is 11.4 Å². The highest BCUT2D eigenvalue weighted by Gasteiger charge is 2.72. The van der Waals surface area contributed by atoms with Gasteiger partial charge in [-0.15, -0.1) is 0 Å². The number of carboxylic acids is 1. The van der Waals surface area contributed by atoms with Crippen molar-refractivity contribution < 1.29 is 15.0 Å². The van der Waals surface area contributed by atoms with Crippen molar-refractivity contribution in [1.29, 1.82) is 0 Å². The Morgan fingerprint density at radius 2 is 2.29 bits per heavy atom. The van der Waals surface area contributed by atoms with Gasteiger partial charge in [0.1, 0.15) is 0 Å². The normalized spacial score (nSPS) is 42.7. The fraction of sp³-hybridized carbons (Fsp3) is 0.900. The van der Waals surface area contributed by atoms with Gasteiger partial charge in [0, 0.05) is 12.0 Å². The highest BCUT2D eigenvalue weighted by atomic mass is 16.4. The average molecular weight is 199 g/mol. The molecule has 2 unspecified atom stereocenters. The fourth-order valence-corrected chi connectivity index (χ4v) is 3.02. The third kappa shape index (κ3) is 1.10. The molecular weight excluding hydrogens is 182 g/mol. The lowest BCUT2D eigenvalue weighted by molar-refractivity contribution is -0.147. The summed E-state index contributed by atoms with van der Waals surface area (Å²) in [6.45, 7) is 1.65. The van der Waals surface area contributed by atoms with E-state index in [9.17, 15) is 9.90 Å². The van der Waals surface area contributed by atoms with Crippen molar-refractivity contribution in [1.82, 2.24) is 4.90 Å². The Kier molecular flexibility index (Phi) is 2.08. The number of rotatable bonds is 2. The second kappa shape index (κ2) is 2.94. The van der Waals surface area contributed by atoms with Crippen molar-refractivity contribution in [3.63, 3.8) is 0 Å². The summed E-state index contributed by atoms with van der Waals surface area (Å²) in [5.41, 5.74) is -0.970. The SMILES string of the molecule is CN1CCCC2(C1)CC2(CO)C(=O)O. The monoisotopic (exact) mass is 199 g/mol. The first-order valence-corrected chi connectivity index (χ1v) is 5.09. The van der Waals surface area contributed by atoms with Gasteiger partial charge in [-0.1, -0.05) is 0 Å². The summed E-state index contributed by atoms with van der Waals surface area (Å²) in [6, 6.07) is 0. The molecule has 14 heavy (non-hydrogen) atoms. The first kappa shape index (κ1) is 9.93. The molecule has 1 aliphatic carbocycles. The fourth-order valence-electron chi connectivity index (χ4n) is 3.02. The Morgan fingerprint density at radius 3 is 2.71 bits per heavy atom. The molecule has 4 nitrogen and oxygen atoms in total. The third-order valence-corrected chi connectivity index (χ3v) is 3.98. The summed E-state index contributed by atoms with van der Waals surface area (Å²) in [5, 5.41) is 18.4. The Bertz CT molecular complexity index is 268. The van der Waals surface area contributed by atoms with E-state index in [1.165, 1.54) is 0 Å². The topological polar surface area (TPSA) is 60.8 Å². The highest BCUT2D eigenvalue weighted by Crippen LogP contribution is 2.67. The predicted octanol–water partition coefficient (Wildman–Crippen LogP) is 0.165. The van der Waals surface area contributed by atoms with Crippen molar-refractivity contribution in [2.24, 2.45) is 10.8 Å². The van der Waals surface area contributed by atoms with Gasteiger partial charge in [0.2, 0.25) is 0 Å². The van der Waals surface area contributed by atoms with Gasteiger partial charge in [-0.2, -0.15) is 0 Å². The number of nitrogens with zero attached hydrogens (tertiary/aromatic N) is 1. The molecule has 4 heteroatoms. The third-order valence-electron chi connectivity index (χ3n) is 3.98. The highest BCUT2D eigenvalue weighted by molar-refractivity contribution is 5.80. The van der Waals surface area contributed by atoms with Gasteiger partial charge in [-0.3, -0.25) is 4.79 Å². The van der Waals surface area contributed by atoms with Crippen LogP contribution in [0.2, 0.25) is 0 Å². The van der Waals surface area contributed by atoms with Gasteiger partial charge in [0.15, 0.2) is 0 Å². The van der Waals surface area contributed by atoms with Crippen LogP contribution in [0.4, 0.5) is 0 Å². The average Bonchev–Trinajstić information content (AvgIpc) is 2.74. The van der Waals surface area contributed by atoms with Crippen LogP contribution in [0.1, 0.15) is 19.3 Å². The quantitative estimate of drug-likeness (QED) is 0.665. The molecule has 0 radical (unpaired) electrons. The van der Waals surface area contributed by atoms with Gasteiger partial charge < -0.3 is 15.1 Å². The van der Waals surface area contributed by atoms with Gasteiger partial charge in [-0.05, 0) is 32.9 Å². The zero-order valence-corrected chi connectivity index (χ0v) is 8.49. The molecule has 1 saturated carbocycles. The molecule has 1 aliphatic heterocycles. The van der Waals surface area contributed by atoms with Crippen molar-refractivity contribution in [2.45, 2.75) is 19.3 Å². The summed E-state index contributed by atoms with van der Waals surface area (Å²) >= 11 is 0. The van der Waals surface area contributed by atoms with Crippen molar-refractivity contribution >= 4 is 5.97 Å². The molecule has 0 amide bonds. The number of likely N-dealkylation sites (tertiary alicyclic amines) is 1. The second-order valence-corrected chi connectivity index (χ2v) is 4.84. The molecule has 0 bridgehead atoms. The Morgan fingerprint density at radius 1 is 1.57 bits per heavy atom. The van der Waals surface area contributed by atoms with Crippen LogP contribution in [0.25, 0.3) is 0 Å². The van der Waals surface area contributed by atoms with E-state index in [0.717, 1.165) is 25.9 Å². The zero-order valence-electron chi connectivity index (χ0n) is 8.49. The lowest BCUT2D eigenvalue weighted by Crippen LogP contribution is -2.39. The van der Waals surface area contributed by atoms with E-state index in [2.05, 4.69) is 4.90 Å². The van der Waals surface area contributed by atoms with E-state index in [0.29, 0.717) is 6.42 Å². The van der Waals surface area contributed by atoms with E-state index in [1.54, 1.807) is 0 Å². The summed E-state index contributed by atoms with van der Waals surface area (Å²) in [7, 11) is 2.02. The van der Waals surface area contributed by atoms with E-state index >= 15 is 0 Å².